The van der Waals surface area contributed by atoms with E-state index in [1.54, 1.807) is 11.1 Å². The Morgan fingerprint density at radius 2 is 1.81 bits per heavy atom. The van der Waals surface area contributed by atoms with E-state index in [1.807, 2.05) is 63.2 Å². The van der Waals surface area contributed by atoms with Gasteiger partial charge in [-0.05, 0) is 44.9 Å². The number of nitrogens with one attached hydrogen (secondary N) is 2. The van der Waals surface area contributed by atoms with Crippen molar-refractivity contribution < 1.29 is 14.3 Å². The minimum absolute atomic E-state index is 0.263. The lowest BCUT2D eigenvalue weighted by atomic mass is 10.1. The van der Waals surface area contributed by atoms with Gasteiger partial charge in [0.1, 0.15) is 12.4 Å². The molecule has 1 aliphatic heterocycles. The smallest absolute Gasteiger partial charge is 0.410 e. The van der Waals surface area contributed by atoms with Crippen LogP contribution in [0.2, 0.25) is 0 Å². The van der Waals surface area contributed by atoms with Gasteiger partial charge in [0, 0.05) is 31.7 Å². The van der Waals surface area contributed by atoms with Gasteiger partial charge in [0.05, 0.1) is 11.9 Å². The van der Waals surface area contributed by atoms with E-state index in [0.29, 0.717) is 25.3 Å². The van der Waals surface area contributed by atoms with Crippen LogP contribution in [0.25, 0.3) is 0 Å². The second kappa shape index (κ2) is 10.1. The number of ether oxygens (including phenoxy) is 1. The van der Waals surface area contributed by atoms with Crippen LogP contribution in [0.1, 0.15) is 32.8 Å². The number of hydrogen-bond acceptors (Lipinski definition) is 5. The molecule has 2 heterocycles. The first-order valence-corrected chi connectivity index (χ1v) is 10.6. The Balaban J connectivity index is 1.49. The standard InChI is InChI=1S/C23H31N5O3/c1-23(2,3)26-21(29)25-19-10-11-20(24-16-19)27-12-7-13-28(15-14-27)22(30)31-17-18-8-5-4-6-9-18/h4-6,8-11,16H,7,12-15,17H2,1-3H3,(H2,25,26,29). The Morgan fingerprint density at radius 1 is 1.03 bits per heavy atom. The van der Waals surface area contributed by atoms with Crippen LogP contribution in [0, 0.1) is 0 Å². The van der Waals surface area contributed by atoms with Crippen molar-refractivity contribution >= 4 is 23.6 Å². The zero-order valence-electron chi connectivity index (χ0n) is 18.4. The van der Waals surface area contributed by atoms with Crippen molar-refractivity contribution in [1.29, 1.82) is 0 Å². The zero-order chi connectivity index (χ0) is 22.3. The summed E-state index contributed by atoms with van der Waals surface area (Å²) in [6.45, 7) is 8.74. The fourth-order valence-corrected chi connectivity index (χ4v) is 3.29. The maximum atomic E-state index is 12.4. The molecule has 0 bridgehead atoms. The van der Waals surface area contributed by atoms with Gasteiger partial charge in [0.2, 0.25) is 0 Å². The monoisotopic (exact) mass is 425 g/mol. The molecule has 0 radical (unpaired) electrons. The molecule has 2 aromatic rings. The number of hydrogen-bond donors (Lipinski definition) is 2. The first-order valence-electron chi connectivity index (χ1n) is 10.6. The third kappa shape index (κ3) is 7.16. The number of pyridine rings is 1. The normalized spacial score (nSPS) is 14.5. The van der Waals surface area contributed by atoms with Gasteiger partial charge in [0.25, 0.3) is 0 Å². The lowest BCUT2D eigenvalue weighted by Crippen LogP contribution is -2.43. The van der Waals surface area contributed by atoms with Crippen LogP contribution in [-0.4, -0.2) is 53.7 Å². The molecule has 8 heteroatoms. The Morgan fingerprint density at radius 3 is 2.48 bits per heavy atom. The summed E-state index contributed by atoms with van der Waals surface area (Å²) in [5, 5.41) is 5.64. The van der Waals surface area contributed by atoms with Gasteiger partial charge in [-0.2, -0.15) is 0 Å². The largest absolute Gasteiger partial charge is 0.445 e. The number of benzene rings is 1. The fourth-order valence-electron chi connectivity index (χ4n) is 3.29. The highest BCUT2D eigenvalue weighted by atomic mass is 16.6. The SMILES string of the molecule is CC(C)(C)NC(=O)Nc1ccc(N2CCCN(C(=O)OCc3ccccc3)CC2)nc1. The van der Waals surface area contributed by atoms with Crippen LogP contribution in [0.4, 0.5) is 21.1 Å². The first-order chi connectivity index (χ1) is 14.8. The Bertz CT molecular complexity index is 865. The van der Waals surface area contributed by atoms with Crippen LogP contribution in [0.5, 0.6) is 0 Å². The van der Waals surface area contributed by atoms with Crippen LogP contribution in [-0.2, 0) is 11.3 Å². The summed E-state index contributed by atoms with van der Waals surface area (Å²) in [5.74, 6) is 0.821. The molecular formula is C23H31N5O3. The van der Waals surface area contributed by atoms with Crippen molar-refractivity contribution in [3.8, 4) is 0 Å². The Hall–Kier alpha value is -3.29. The van der Waals surface area contributed by atoms with E-state index < -0.39 is 0 Å². The maximum absolute atomic E-state index is 12.4. The highest BCUT2D eigenvalue weighted by Crippen LogP contribution is 2.17. The van der Waals surface area contributed by atoms with Gasteiger partial charge >= 0.3 is 12.1 Å². The average Bonchev–Trinajstić information content (AvgIpc) is 2.98. The van der Waals surface area contributed by atoms with Gasteiger partial charge < -0.3 is 25.2 Å². The number of carbonyl (C=O) groups excluding carboxylic acids is 2. The third-order valence-corrected chi connectivity index (χ3v) is 4.78. The molecule has 2 N–H and O–H groups in total. The molecular weight excluding hydrogens is 394 g/mol. The van der Waals surface area contributed by atoms with E-state index in [2.05, 4.69) is 20.5 Å². The molecule has 31 heavy (non-hydrogen) atoms. The lowest BCUT2D eigenvalue weighted by Gasteiger charge is -2.23. The summed E-state index contributed by atoms with van der Waals surface area (Å²) in [6.07, 6.45) is 2.19. The molecule has 3 amide bonds. The minimum atomic E-state index is -0.308. The first kappa shape index (κ1) is 22.4. The molecule has 1 fully saturated rings. The van der Waals surface area contributed by atoms with E-state index in [0.717, 1.165) is 24.3 Å². The van der Waals surface area contributed by atoms with Crippen LogP contribution in [0.15, 0.2) is 48.7 Å². The second-order valence-corrected chi connectivity index (χ2v) is 8.60. The van der Waals surface area contributed by atoms with Crippen LogP contribution >= 0.6 is 0 Å². The maximum Gasteiger partial charge on any atom is 0.410 e. The zero-order valence-corrected chi connectivity index (χ0v) is 18.4. The van der Waals surface area contributed by atoms with Crippen LogP contribution in [0.3, 0.4) is 0 Å². The third-order valence-electron chi connectivity index (χ3n) is 4.78. The molecule has 1 aromatic heterocycles. The second-order valence-electron chi connectivity index (χ2n) is 8.60. The van der Waals surface area contributed by atoms with E-state index >= 15 is 0 Å². The van der Waals surface area contributed by atoms with Crippen molar-refractivity contribution in [2.45, 2.75) is 39.3 Å². The summed E-state index contributed by atoms with van der Waals surface area (Å²) in [7, 11) is 0. The molecule has 0 saturated carbocycles. The fraction of sp³-hybridized carbons (Fsp3) is 0.435. The summed E-state index contributed by atoms with van der Waals surface area (Å²) < 4.78 is 5.46. The molecule has 166 valence electrons. The average molecular weight is 426 g/mol. The van der Waals surface area contributed by atoms with Gasteiger partial charge in [-0.1, -0.05) is 30.3 Å². The molecule has 1 aliphatic rings. The molecule has 0 atom stereocenters. The number of aromatic nitrogens is 1. The predicted molar refractivity (Wildman–Crippen MR) is 121 cm³/mol. The summed E-state index contributed by atoms with van der Waals surface area (Å²) >= 11 is 0. The van der Waals surface area contributed by atoms with E-state index in [9.17, 15) is 9.59 Å². The number of carbonyl (C=O) groups is 2. The lowest BCUT2D eigenvalue weighted by molar-refractivity contribution is 0.0986. The number of rotatable bonds is 4. The minimum Gasteiger partial charge on any atom is -0.445 e. The molecule has 3 rings (SSSR count). The van der Waals surface area contributed by atoms with Crippen molar-refractivity contribution in [3.05, 3.63) is 54.2 Å². The van der Waals surface area contributed by atoms with Crippen molar-refractivity contribution in [2.75, 3.05) is 36.4 Å². The highest BCUT2D eigenvalue weighted by Gasteiger charge is 2.21. The molecule has 0 spiro atoms. The van der Waals surface area contributed by atoms with E-state index in [1.165, 1.54) is 0 Å². The van der Waals surface area contributed by atoms with Crippen LogP contribution < -0.4 is 15.5 Å². The number of urea groups is 1. The quantitative estimate of drug-likeness (QED) is 0.777. The molecule has 1 saturated heterocycles. The Kier molecular flexibility index (Phi) is 7.33. The van der Waals surface area contributed by atoms with Gasteiger partial charge in [-0.25, -0.2) is 14.6 Å². The highest BCUT2D eigenvalue weighted by molar-refractivity contribution is 5.89. The van der Waals surface area contributed by atoms with Gasteiger partial charge in [0.15, 0.2) is 0 Å². The molecule has 0 unspecified atom stereocenters. The summed E-state index contributed by atoms with van der Waals surface area (Å²) in [6, 6.07) is 13.1. The predicted octanol–water partition coefficient (Wildman–Crippen LogP) is 3.85. The summed E-state index contributed by atoms with van der Waals surface area (Å²) in [4.78, 5) is 32.8. The summed E-state index contributed by atoms with van der Waals surface area (Å²) in [5.41, 5.74) is 1.30. The van der Waals surface area contributed by atoms with E-state index in [4.69, 9.17) is 4.74 Å². The topological polar surface area (TPSA) is 86.8 Å². The number of nitrogens with zero attached hydrogens (tertiary/aromatic N) is 3. The van der Waals surface area contributed by atoms with Crippen molar-refractivity contribution in [1.82, 2.24) is 15.2 Å². The molecule has 1 aromatic carbocycles. The molecule has 8 nitrogen and oxygen atoms in total. The van der Waals surface area contributed by atoms with Gasteiger partial charge in [-0.15, -0.1) is 0 Å². The molecule has 0 aliphatic carbocycles. The van der Waals surface area contributed by atoms with Gasteiger partial charge in [-0.3, -0.25) is 0 Å². The van der Waals surface area contributed by atoms with Crippen molar-refractivity contribution in [2.24, 2.45) is 0 Å². The Labute approximate surface area is 183 Å². The van der Waals surface area contributed by atoms with Crippen molar-refractivity contribution in [3.63, 3.8) is 0 Å². The van der Waals surface area contributed by atoms with E-state index in [-0.39, 0.29) is 24.3 Å². The number of amides is 3. The number of anilines is 2.